The van der Waals surface area contributed by atoms with E-state index in [9.17, 15) is 4.79 Å². The summed E-state index contributed by atoms with van der Waals surface area (Å²) in [5.74, 6) is 0.653. The number of amides is 1. The van der Waals surface area contributed by atoms with Crippen LogP contribution in [0.25, 0.3) is 6.08 Å². The van der Waals surface area contributed by atoms with Crippen molar-refractivity contribution in [3.63, 3.8) is 0 Å². The quantitative estimate of drug-likeness (QED) is 0.450. The number of methoxy groups -OCH3 is 1. The van der Waals surface area contributed by atoms with Crippen molar-refractivity contribution in [3.8, 4) is 0 Å². The Balaban J connectivity index is 2.40. The second kappa shape index (κ2) is 7.50. The summed E-state index contributed by atoms with van der Waals surface area (Å²) in [6.07, 6.45) is 4.03. The van der Waals surface area contributed by atoms with Crippen LogP contribution in [0.3, 0.4) is 0 Å². The molecule has 0 unspecified atom stereocenters. The van der Waals surface area contributed by atoms with Crippen molar-refractivity contribution < 1.29 is 13.9 Å². The molecule has 0 spiro atoms. The minimum atomic E-state index is -0.0347. The largest absolute Gasteiger partial charge is 0.451 e. The highest BCUT2D eigenvalue weighted by atomic mass is 127. The van der Waals surface area contributed by atoms with Crippen molar-refractivity contribution >= 4 is 34.6 Å². The molecule has 0 aliphatic rings. The predicted octanol–water partition coefficient (Wildman–Crippen LogP) is 2.39. The minimum Gasteiger partial charge on any atom is -0.451 e. The van der Waals surface area contributed by atoms with Gasteiger partial charge in [-0.3, -0.25) is 4.79 Å². The van der Waals surface area contributed by atoms with Crippen LogP contribution in [-0.2, 0) is 9.53 Å². The van der Waals surface area contributed by atoms with Crippen LogP contribution in [0.15, 0.2) is 22.6 Å². The van der Waals surface area contributed by atoms with Crippen LogP contribution in [0.1, 0.15) is 12.2 Å². The molecule has 1 aromatic heterocycles. The monoisotopic (exact) mass is 349 g/mol. The Kier molecular flexibility index (Phi) is 6.28. The van der Waals surface area contributed by atoms with Gasteiger partial charge in [0.05, 0.1) is 0 Å². The van der Waals surface area contributed by atoms with Gasteiger partial charge < -0.3 is 14.1 Å². The van der Waals surface area contributed by atoms with Gasteiger partial charge in [0.15, 0.2) is 3.77 Å². The molecule has 0 N–H and O–H groups in total. The summed E-state index contributed by atoms with van der Waals surface area (Å²) in [5, 5.41) is 0. The first-order valence-corrected chi connectivity index (χ1v) is 6.39. The normalized spacial score (nSPS) is 11.0. The zero-order valence-corrected chi connectivity index (χ0v) is 12.1. The Morgan fingerprint density at radius 1 is 1.59 bits per heavy atom. The molecule has 0 saturated carbocycles. The van der Waals surface area contributed by atoms with Crippen molar-refractivity contribution in [2.45, 2.75) is 6.42 Å². The molecule has 17 heavy (non-hydrogen) atoms. The van der Waals surface area contributed by atoms with Gasteiger partial charge in [0.1, 0.15) is 5.76 Å². The molecule has 0 aromatic carbocycles. The van der Waals surface area contributed by atoms with Crippen LogP contribution < -0.4 is 0 Å². The number of carbonyl (C=O) groups is 1. The van der Waals surface area contributed by atoms with Crippen LogP contribution in [0.4, 0.5) is 0 Å². The third-order valence-electron chi connectivity index (χ3n) is 2.20. The lowest BCUT2D eigenvalue weighted by Crippen LogP contribution is -2.26. The van der Waals surface area contributed by atoms with E-state index in [0.29, 0.717) is 18.9 Å². The summed E-state index contributed by atoms with van der Waals surface area (Å²) in [4.78, 5) is 13.3. The first kappa shape index (κ1) is 14.2. The summed E-state index contributed by atoms with van der Waals surface area (Å²) in [5.41, 5.74) is 0. The molecule has 0 atom stereocenters. The third-order valence-corrected chi connectivity index (χ3v) is 2.78. The van der Waals surface area contributed by atoms with Crippen LogP contribution in [0.5, 0.6) is 0 Å². The smallest absolute Gasteiger partial charge is 0.246 e. The summed E-state index contributed by atoms with van der Waals surface area (Å²) < 4.78 is 11.1. The summed E-state index contributed by atoms with van der Waals surface area (Å²) >= 11 is 2.08. The van der Waals surface area contributed by atoms with Gasteiger partial charge in [-0.05, 0) is 47.2 Å². The number of nitrogens with zero attached hydrogens (tertiary/aromatic N) is 1. The SMILES string of the molecule is COCCCN(C)C(=O)/C=C/c1ccc(I)o1. The lowest BCUT2D eigenvalue weighted by molar-refractivity contribution is -0.124. The topological polar surface area (TPSA) is 42.7 Å². The fraction of sp³-hybridized carbons (Fsp3) is 0.417. The molecule has 0 saturated heterocycles. The maximum atomic E-state index is 11.7. The molecule has 0 bridgehead atoms. The summed E-state index contributed by atoms with van der Waals surface area (Å²) in [7, 11) is 3.43. The highest BCUT2D eigenvalue weighted by Crippen LogP contribution is 2.11. The Morgan fingerprint density at radius 3 is 2.94 bits per heavy atom. The van der Waals surface area contributed by atoms with Gasteiger partial charge in [-0.25, -0.2) is 0 Å². The van der Waals surface area contributed by atoms with E-state index in [1.807, 2.05) is 12.1 Å². The molecule has 1 heterocycles. The van der Waals surface area contributed by atoms with Gasteiger partial charge >= 0.3 is 0 Å². The van der Waals surface area contributed by atoms with E-state index in [1.54, 1.807) is 25.1 Å². The Hall–Kier alpha value is -0.820. The van der Waals surface area contributed by atoms with Gasteiger partial charge in [0.25, 0.3) is 0 Å². The van der Waals surface area contributed by atoms with E-state index in [-0.39, 0.29) is 5.91 Å². The average molecular weight is 349 g/mol. The number of hydrogen-bond acceptors (Lipinski definition) is 3. The molecule has 5 heteroatoms. The zero-order chi connectivity index (χ0) is 12.7. The molecule has 0 fully saturated rings. The van der Waals surface area contributed by atoms with Gasteiger partial charge in [0, 0.05) is 33.4 Å². The highest BCUT2D eigenvalue weighted by Gasteiger charge is 2.04. The van der Waals surface area contributed by atoms with Gasteiger partial charge in [0.2, 0.25) is 5.91 Å². The number of hydrogen-bond donors (Lipinski definition) is 0. The van der Waals surface area contributed by atoms with Crippen LogP contribution in [0.2, 0.25) is 0 Å². The Morgan fingerprint density at radius 2 is 2.35 bits per heavy atom. The number of carbonyl (C=O) groups excluding carboxylic acids is 1. The zero-order valence-electron chi connectivity index (χ0n) is 9.98. The number of halogens is 1. The van der Waals surface area contributed by atoms with Crippen molar-refractivity contribution in [2.24, 2.45) is 0 Å². The van der Waals surface area contributed by atoms with Crippen molar-refractivity contribution in [2.75, 3.05) is 27.3 Å². The fourth-order valence-electron chi connectivity index (χ4n) is 1.25. The molecular weight excluding hydrogens is 333 g/mol. The lowest BCUT2D eigenvalue weighted by Gasteiger charge is -2.14. The number of furan rings is 1. The Bertz CT molecular complexity index is 387. The Labute approximate surface area is 115 Å². The predicted molar refractivity (Wildman–Crippen MR) is 74.6 cm³/mol. The van der Waals surface area contributed by atoms with Crippen molar-refractivity contribution in [1.29, 1.82) is 0 Å². The lowest BCUT2D eigenvalue weighted by atomic mass is 10.3. The molecule has 0 aliphatic carbocycles. The van der Waals surface area contributed by atoms with Crippen LogP contribution in [-0.4, -0.2) is 38.1 Å². The van der Waals surface area contributed by atoms with Gasteiger partial charge in [-0.2, -0.15) is 0 Å². The van der Waals surface area contributed by atoms with Crippen molar-refractivity contribution in [3.05, 3.63) is 27.7 Å². The first-order chi connectivity index (χ1) is 8.13. The summed E-state index contributed by atoms with van der Waals surface area (Å²) in [6.45, 7) is 1.35. The fourth-order valence-corrected chi connectivity index (χ4v) is 1.69. The standard InChI is InChI=1S/C12H16INO3/c1-14(8-3-9-16-2)12(15)7-5-10-4-6-11(13)17-10/h4-7H,3,8-9H2,1-2H3/b7-5+. The molecule has 0 aliphatic heterocycles. The summed E-state index contributed by atoms with van der Waals surface area (Å²) in [6, 6.07) is 3.68. The van der Waals surface area contributed by atoms with E-state index in [2.05, 4.69) is 22.6 Å². The molecule has 94 valence electrons. The van der Waals surface area contributed by atoms with E-state index in [4.69, 9.17) is 9.15 Å². The molecule has 4 nitrogen and oxygen atoms in total. The maximum absolute atomic E-state index is 11.7. The van der Waals surface area contributed by atoms with E-state index in [0.717, 1.165) is 10.2 Å². The number of ether oxygens (including phenoxy) is 1. The molecule has 1 amide bonds. The van der Waals surface area contributed by atoms with E-state index in [1.165, 1.54) is 6.08 Å². The van der Waals surface area contributed by atoms with E-state index < -0.39 is 0 Å². The maximum Gasteiger partial charge on any atom is 0.246 e. The number of likely N-dealkylation sites (N-methyl/N-ethyl adjacent to an activating group) is 1. The molecule has 0 radical (unpaired) electrons. The second-order valence-corrected chi connectivity index (χ2v) is 4.64. The molecular formula is C12H16INO3. The number of rotatable bonds is 6. The van der Waals surface area contributed by atoms with Gasteiger partial charge in [-0.1, -0.05) is 0 Å². The highest BCUT2D eigenvalue weighted by molar-refractivity contribution is 14.1. The molecule has 1 aromatic rings. The molecule has 1 rings (SSSR count). The van der Waals surface area contributed by atoms with Crippen LogP contribution in [0, 0.1) is 3.77 Å². The minimum absolute atomic E-state index is 0.0347. The third kappa shape index (κ3) is 5.36. The van der Waals surface area contributed by atoms with Crippen LogP contribution >= 0.6 is 22.6 Å². The second-order valence-electron chi connectivity index (χ2n) is 3.58. The first-order valence-electron chi connectivity index (χ1n) is 5.31. The van der Waals surface area contributed by atoms with Crippen molar-refractivity contribution in [1.82, 2.24) is 4.90 Å². The average Bonchev–Trinajstić information content (AvgIpc) is 2.72. The van der Waals surface area contributed by atoms with E-state index >= 15 is 0 Å². The van der Waals surface area contributed by atoms with Gasteiger partial charge in [-0.15, -0.1) is 0 Å².